The Bertz CT molecular complexity index is 975. The summed E-state index contributed by atoms with van der Waals surface area (Å²) in [5, 5.41) is 5.78. The molecule has 1 aliphatic heterocycles. The smallest absolute Gasteiger partial charge is 0.264 e. The molecule has 0 unspecified atom stereocenters. The zero-order valence-corrected chi connectivity index (χ0v) is 17.9. The van der Waals surface area contributed by atoms with Gasteiger partial charge >= 0.3 is 0 Å². The quantitative estimate of drug-likeness (QED) is 0.664. The zero-order valence-electron chi connectivity index (χ0n) is 17.1. The molecular formula is C22H28N4OS. The van der Waals surface area contributed by atoms with Gasteiger partial charge in [0.15, 0.2) is 0 Å². The van der Waals surface area contributed by atoms with Gasteiger partial charge in [0.2, 0.25) is 0 Å². The van der Waals surface area contributed by atoms with Crippen molar-refractivity contribution in [2.24, 2.45) is 5.92 Å². The van der Waals surface area contributed by atoms with E-state index in [2.05, 4.69) is 64.7 Å². The largest absolute Gasteiger partial charge is 0.328 e. The third-order valence-electron chi connectivity index (χ3n) is 5.38. The van der Waals surface area contributed by atoms with Crippen molar-refractivity contribution in [1.82, 2.24) is 19.6 Å². The fourth-order valence-electron chi connectivity index (χ4n) is 3.95. The number of nitrogens with zero attached hydrogens (tertiary/aromatic N) is 4. The number of piperazine rings is 1. The number of rotatable bonds is 4. The number of carbonyl (C=O) groups excluding carboxylic acids is 1. The van der Waals surface area contributed by atoms with E-state index in [0.29, 0.717) is 5.92 Å². The fraction of sp³-hybridized carbons (Fsp3) is 0.455. The van der Waals surface area contributed by atoms with Crippen molar-refractivity contribution in [1.29, 1.82) is 0 Å². The molecule has 5 nitrogen and oxygen atoms in total. The molecule has 0 aliphatic carbocycles. The van der Waals surface area contributed by atoms with Crippen LogP contribution in [0.5, 0.6) is 0 Å². The lowest BCUT2D eigenvalue weighted by Crippen LogP contribution is -2.49. The second-order valence-electron chi connectivity index (χ2n) is 8.18. The van der Waals surface area contributed by atoms with Crippen molar-refractivity contribution < 1.29 is 4.79 Å². The molecular weight excluding hydrogens is 368 g/mol. The van der Waals surface area contributed by atoms with Gasteiger partial charge in [0.25, 0.3) is 5.91 Å². The maximum absolute atomic E-state index is 13.5. The molecule has 3 heterocycles. The van der Waals surface area contributed by atoms with Crippen molar-refractivity contribution >= 4 is 27.5 Å². The SMILES string of the molecule is Cc1nn(CC(C)C)c2sc(C(=O)N3CCN(C)C[C@@H]3c3ccccc3)cc12. The number of carbonyl (C=O) groups is 1. The molecule has 4 rings (SSSR count). The van der Waals surface area contributed by atoms with Crippen LogP contribution in [0.2, 0.25) is 0 Å². The second kappa shape index (κ2) is 7.68. The van der Waals surface area contributed by atoms with E-state index in [0.717, 1.165) is 47.0 Å². The molecule has 6 heteroatoms. The van der Waals surface area contributed by atoms with Crippen LogP contribution in [0, 0.1) is 12.8 Å². The Hall–Kier alpha value is -2.18. The third-order valence-corrected chi connectivity index (χ3v) is 6.52. The molecule has 1 atom stereocenters. The van der Waals surface area contributed by atoms with E-state index < -0.39 is 0 Å². The summed E-state index contributed by atoms with van der Waals surface area (Å²) in [5.74, 6) is 0.655. The molecule has 0 bridgehead atoms. The lowest BCUT2D eigenvalue weighted by molar-refractivity contribution is 0.0503. The molecule has 0 radical (unpaired) electrons. The number of hydrogen-bond acceptors (Lipinski definition) is 4. The van der Waals surface area contributed by atoms with Gasteiger partial charge in [-0.25, -0.2) is 0 Å². The van der Waals surface area contributed by atoms with Gasteiger partial charge in [-0.3, -0.25) is 9.48 Å². The minimum Gasteiger partial charge on any atom is -0.328 e. The van der Waals surface area contributed by atoms with Crippen LogP contribution >= 0.6 is 11.3 Å². The Labute approximate surface area is 170 Å². The van der Waals surface area contributed by atoms with Crippen LogP contribution in [0.25, 0.3) is 10.2 Å². The van der Waals surface area contributed by atoms with Crippen LogP contribution in [0.4, 0.5) is 0 Å². The molecule has 0 spiro atoms. The van der Waals surface area contributed by atoms with Crippen LogP contribution in [0.1, 0.15) is 40.8 Å². The highest BCUT2D eigenvalue weighted by atomic mass is 32.1. The van der Waals surface area contributed by atoms with Crippen molar-refractivity contribution in [2.45, 2.75) is 33.4 Å². The Morgan fingerprint density at radius 1 is 1.25 bits per heavy atom. The summed E-state index contributed by atoms with van der Waals surface area (Å²) >= 11 is 1.58. The second-order valence-corrected chi connectivity index (χ2v) is 9.21. The number of fused-ring (bicyclic) bond motifs is 1. The lowest BCUT2D eigenvalue weighted by Gasteiger charge is -2.40. The van der Waals surface area contributed by atoms with Gasteiger partial charge < -0.3 is 9.80 Å². The molecule has 1 fully saturated rings. The molecule has 28 heavy (non-hydrogen) atoms. The van der Waals surface area contributed by atoms with E-state index in [1.807, 2.05) is 19.1 Å². The van der Waals surface area contributed by atoms with Crippen LogP contribution < -0.4 is 0 Å². The highest BCUT2D eigenvalue weighted by molar-refractivity contribution is 7.20. The van der Waals surface area contributed by atoms with E-state index >= 15 is 0 Å². The van der Waals surface area contributed by atoms with E-state index in [1.54, 1.807) is 11.3 Å². The highest BCUT2D eigenvalue weighted by Crippen LogP contribution is 2.33. The number of thiophene rings is 1. The highest BCUT2D eigenvalue weighted by Gasteiger charge is 2.32. The van der Waals surface area contributed by atoms with E-state index in [1.165, 1.54) is 5.56 Å². The normalized spacial score (nSPS) is 18.3. The molecule has 3 aromatic rings. The minimum absolute atomic E-state index is 0.0888. The van der Waals surface area contributed by atoms with Gasteiger partial charge in [-0.05, 0) is 31.5 Å². The number of benzene rings is 1. The predicted molar refractivity (Wildman–Crippen MR) is 115 cm³/mol. The van der Waals surface area contributed by atoms with Gasteiger partial charge in [0.1, 0.15) is 4.83 Å². The predicted octanol–water partition coefficient (Wildman–Crippen LogP) is 4.19. The molecule has 1 amide bonds. The Morgan fingerprint density at radius 2 is 2.00 bits per heavy atom. The first-order valence-corrected chi connectivity index (χ1v) is 10.8. The summed E-state index contributed by atoms with van der Waals surface area (Å²) in [4.78, 5) is 19.8. The average Bonchev–Trinajstić information content (AvgIpc) is 3.23. The lowest BCUT2D eigenvalue weighted by atomic mass is 10.0. The van der Waals surface area contributed by atoms with Crippen LogP contribution in [-0.4, -0.2) is 52.2 Å². The monoisotopic (exact) mass is 396 g/mol. The van der Waals surface area contributed by atoms with E-state index in [4.69, 9.17) is 0 Å². The number of hydrogen-bond donors (Lipinski definition) is 0. The number of aromatic nitrogens is 2. The van der Waals surface area contributed by atoms with Gasteiger partial charge in [-0.2, -0.15) is 5.10 Å². The molecule has 0 saturated carbocycles. The number of aryl methyl sites for hydroxylation is 1. The molecule has 0 N–H and O–H groups in total. The first-order chi connectivity index (χ1) is 13.4. The third kappa shape index (κ3) is 3.59. The minimum atomic E-state index is 0.0888. The maximum Gasteiger partial charge on any atom is 0.264 e. The number of amides is 1. The maximum atomic E-state index is 13.5. The zero-order chi connectivity index (χ0) is 19.8. The van der Waals surface area contributed by atoms with Crippen LogP contribution in [-0.2, 0) is 6.54 Å². The summed E-state index contributed by atoms with van der Waals surface area (Å²) in [6.45, 7) is 9.80. The van der Waals surface area contributed by atoms with Crippen molar-refractivity contribution in [3.63, 3.8) is 0 Å². The molecule has 148 valence electrons. The van der Waals surface area contributed by atoms with E-state index in [9.17, 15) is 4.79 Å². The van der Waals surface area contributed by atoms with Gasteiger partial charge in [0.05, 0.1) is 16.6 Å². The Balaban J connectivity index is 1.67. The van der Waals surface area contributed by atoms with Crippen molar-refractivity contribution in [2.75, 3.05) is 26.7 Å². The topological polar surface area (TPSA) is 41.4 Å². The molecule has 1 aromatic carbocycles. The number of likely N-dealkylation sites (N-methyl/N-ethyl adjacent to an activating group) is 1. The van der Waals surface area contributed by atoms with Gasteiger partial charge in [0, 0.05) is 31.6 Å². The van der Waals surface area contributed by atoms with Crippen molar-refractivity contribution in [3.05, 3.63) is 52.5 Å². The van der Waals surface area contributed by atoms with Gasteiger partial charge in [-0.15, -0.1) is 11.3 Å². The van der Waals surface area contributed by atoms with E-state index in [-0.39, 0.29) is 11.9 Å². The van der Waals surface area contributed by atoms with Crippen molar-refractivity contribution in [3.8, 4) is 0 Å². The summed E-state index contributed by atoms with van der Waals surface area (Å²) in [7, 11) is 2.13. The molecule has 1 aliphatic rings. The summed E-state index contributed by atoms with van der Waals surface area (Å²) < 4.78 is 2.06. The van der Waals surface area contributed by atoms with Crippen LogP contribution in [0.15, 0.2) is 36.4 Å². The summed E-state index contributed by atoms with van der Waals surface area (Å²) in [5.41, 5.74) is 2.20. The Morgan fingerprint density at radius 3 is 2.71 bits per heavy atom. The van der Waals surface area contributed by atoms with Crippen LogP contribution in [0.3, 0.4) is 0 Å². The summed E-state index contributed by atoms with van der Waals surface area (Å²) in [6.07, 6.45) is 0. The fourth-order valence-corrected chi connectivity index (χ4v) is 5.08. The molecule has 2 aromatic heterocycles. The Kier molecular flexibility index (Phi) is 5.25. The average molecular weight is 397 g/mol. The standard InChI is InChI=1S/C22H28N4OS/c1-15(2)13-26-22-18(16(3)23-26)12-20(28-22)21(27)25-11-10-24(4)14-19(25)17-8-6-5-7-9-17/h5-9,12,15,19H,10-11,13-14H2,1-4H3/t19-/m1/s1. The first-order valence-electron chi connectivity index (χ1n) is 9.95. The first kappa shape index (κ1) is 19.2. The molecule has 1 saturated heterocycles. The summed E-state index contributed by atoms with van der Waals surface area (Å²) in [6, 6.07) is 12.5. The van der Waals surface area contributed by atoms with Gasteiger partial charge in [-0.1, -0.05) is 44.2 Å².